The van der Waals surface area contributed by atoms with Gasteiger partial charge in [-0.25, -0.2) is 13.1 Å². The maximum atomic E-state index is 11.7. The van der Waals surface area contributed by atoms with Crippen molar-refractivity contribution in [3.8, 4) is 0 Å². The van der Waals surface area contributed by atoms with Crippen molar-refractivity contribution in [2.24, 2.45) is 5.92 Å². The van der Waals surface area contributed by atoms with E-state index in [-0.39, 0.29) is 11.8 Å². The number of benzene rings is 1. The standard InChI is InChI=1S/C13H21NO2S/c1-4-17(15,16)14-13(10-11(2)3)12-8-6-5-7-9-12/h5-9,11,13-14H,4,10H2,1-3H3/t13-/m1/s1. The van der Waals surface area contributed by atoms with Crippen LogP contribution in [0, 0.1) is 5.92 Å². The minimum Gasteiger partial charge on any atom is -0.212 e. The minimum absolute atomic E-state index is 0.119. The topological polar surface area (TPSA) is 46.2 Å². The van der Waals surface area contributed by atoms with Crippen molar-refractivity contribution in [1.29, 1.82) is 0 Å². The summed E-state index contributed by atoms with van der Waals surface area (Å²) in [6, 6.07) is 9.60. The molecule has 1 rings (SSSR count). The molecule has 0 spiro atoms. The summed E-state index contributed by atoms with van der Waals surface area (Å²) < 4.78 is 26.1. The van der Waals surface area contributed by atoms with Crippen LogP contribution >= 0.6 is 0 Å². The van der Waals surface area contributed by atoms with Gasteiger partial charge in [0.2, 0.25) is 10.0 Å². The van der Waals surface area contributed by atoms with Crippen LogP contribution in [0.15, 0.2) is 30.3 Å². The predicted molar refractivity (Wildman–Crippen MR) is 71.2 cm³/mol. The minimum atomic E-state index is -3.16. The zero-order valence-electron chi connectivity index (χ0n) is 10.7. The van der Waals surface area contributed by atoms with Crippen LogP contribution in [0.5, 0.6) is 0 Å². The number of nitrogens with one attached hydrogen (secondary N) is 1. The van der Waals surface area contributed by atoms with E-state index in [1.807, 2.05) is 30.3 Å². The van der Waals surface area contributed by atoms with E-state index in [1.54, 1.807) is 6.92 Å². The Morgan fingerprint density at radius 2 is 1.76 bits per heavy atom. The fraction of sp³-hybridized carbons (Fsp3) is 0.538. The van der Waals surface area contributed by atoms with E-state index < -0.39 is 10.0 Å². The Morgan fingerprint density at radius 1 is 1.18 bits per heavy atom. The monoisotopic (exact) mass is 255 g/mol. The summed E-state index contributed by atoms with van der Waals surface area (Å²) in [6.45, 7) is 5.84. The average molecular weight is 255 g/mol. The molecule has 0 aliphatic rings. The molecule has 1 aromatic rings. The van der Waals surface area contributed by atoms with Crippen LogP contribution in [0.1, 0.15) is 38.8 Å². The maximum absolute atomic E-state index is 11.7. The van der Waals surface area contributed by atoms with E-state index in [4.69, 9.17) is 0 Å². The van der Waals surface area contributed by atoms with Crippen LogP contribution in [0.4, 0.5) is 0 Å². The summed E-state index contributed by atoms with van der Waals surface area (Å²) in [5.41, 5.74) is 1.03. The van der Waals surface area contributed by atoms with Gasteiger partial charge in [0.25, 0.3) is 0 Å². The Morgan fingerprint density at radius 3 is 2.24 bits per heavy atom. The summed E-state index contributed by atoms with van der Waals surface area (Å²) in [4.78, 5) is 0. The Balaban J connectivity index is 2.89. The first-order valence-corrected chi connectivity index (χ1v) is 7.64. The molecule has 0 unspecified atom stereocenters. The molecule has 0 fully saturated rings. The van der Waals surface area contributed by atoms with Gasteiger partial charge >= 0.3 is 0 Å². The summed E-state index contributed by atoms with van der Waals surface area (Å²) >= 11 is 0. The highest BCUT2D eigenvalue weighted by Gasteiger charge is 2.18. The van der Waals surface area contributed by atoms with Crippen molar-refractivity contribution < 1.29 is 8.42 Å². The molecule has 0 radical (unpaired) electrons. The molecule has 0 saturated heterocycles. The van der Waals surface area contributed by atoms with Crippen LogP contribution in [-0.4, -0.2) is 14.2 Å². The van der Waals surface area contributed by atoms with E-state index in [1.165, 1.54) is 0 Å². The number of sulfonamides is 1. The van der Waals surface area contributed by atoms with Gasteiger partial charge in [0.1, 0.15) is 0 Å². The fourth-order valence-corrected chi connectivity index (χ4v) is 2.54. The Hall–Kier alpha value is -0.870. The second-order valence-electron chi connectivity index (χ2n) is 4.61. The van der Waals surface area contributed by atoms with E-state index in [9.17, 15) is 8.42 Å². The third-order valence-electron chi connectivity index (χ3n) is 2.61. The van der Waals surface area contributed by atoms with Gasteiger partial charge in [-0.3, -0.25) is 0 Å². The molecule has 0 saturated carbocycles. The van der Waals surface area contributed by atoms with Crippen molar-refractivity contribution in [1.82, 2.24) is 4.72 Å². The molecular formula is C13H21NO2S. The molecule has 0 aromatic heterocycles. The van der Waals surface area contributed by atoms with E-state index in [2.05, 4.69) is 18.6 Å². The van der Waals surface area contributed by atoms with E-state index >= 15 is 0 Å². The predicted octanol–water partition coefficient (Wildman–Crippen LogP) is 2.71. The summed E-state index contributed by atoms with van der Waals surface area (Å²) in [5, 5.41) is 0. The van der Waals surface area contributed by atoms with Gasteiger partial charge in [-0.1, -0.05) is 44.2 Å². The maximum Gasteiger partial charge on any atom is 0.211 e. The Bertz CT molecular complexity index is 426. The Kier molecular flexibility index (Phi) is 5.15. The zero-order chi connectivity index (χ0) is 12.9. The van der Waals surface area contributed by atoms with Crippen LogP contribution in [0.2, 0.25) is 0 Å². The number of hydrogen-bond donors (Lipinski definition) is 1. The molecule has 0 aliphatic heterocycles. The molecule has 4 heteroatoms. The molecule has 1 N–H and O–H groups in total. The first-order chi connectivity index (χ1) is 7.94. The van der Waals surface area contributed by atoms with Gasteiger partial charge < -0.3 is 0 Å². The van der Waals surface area contributed by atoms with Crippen molar-refractivity contribution in [3.05, 3.63) is 35.9 Å². The van der Waals surface area contributed by atoms with Crippen LogP contribution in [0.3, 0.4) is 0 Å². The molecule has 17 heavy (non-hydrogen) atoms. The molecule has 1 aromatic carbocycles. The first kappa shape index (κ1) is 14.2. The largest absolute Gasteiger partial charge is 0.212 e. The Labute approximate surface area is 104 Å². The lowest BCUT2D eigenvalue weighted by Crippen LogP contribution is -2.30. The molecular weight excluding hydrogens is 234 g/mol. The lowest BCUT2D eigenvalue weighted by Gasteiger charge is -2.20. The average Bonchev–Trinajstić information content (AvgIpc) is 2.28. The lowest BCUT2D eigenvalue weighted by atomic mass is 9.98. The highest BCUT2D eigenvalue weighted by Crippen LogP contribution is 2.21. The van der Waals surface area contributed by atoms with E-state index in [0.717, 1.165) is 12.0 Å². The number of rotatable bonds is 6. The normalized spacial score (nSPS) is 13.9. The molecule has 96 valence electrons. The van der Waals surface area contributed by atoms with Gasteiger partial charge in [-0.05, 0) is 24.8 Å². The van der Waals surface area contributed by atoms with E-state index in [0.29, 0.717) is 5.92 Å². The first-order valence-electron chi connectivity index (χ1n) is 5.99. The molecule has 3 nitrogen and oxygen atoms in total. The van der Waals surface area contributed by atoms with Crippen LogP contribution in [0.25, 0.3) is 0 Å². The second-order valence-corrected chi connectivity index (χ2v) is 6.66. The second kappa shape index (κ2) is 6.17. The van der Waals surface area contributed by atoms with Gasteiger partial charge in [0.05, 0.1) is 5.75 Å². The summed E-state index contributed by atoms with van der Waals surface area (Å²) in [7, 11) is -3.16. The highest BCUT2D eigenvalue weighted by molar-refractivity contribution is 7.89. The highest BCUT2D eigenvalue weighted by atomic mass is 32.2. The molecule has 0 heterocycles. The fourth-order valence-electron chi connectivity index (χ4n) is 1.71. The summed E-state index contributed by atoms with van der Waals surface area (Å²) in [6.07, 6.45) is 0.809. The molecule has 0 aliphatic carbocycles. The zero-order valence-corrected chi connectivity index (χ0v) is 11.5. The summed E-state index contributed by atoms with van der Waals surface area (Å²) in [5.74, 6) is 0.564. The molecule has 0 amide bonds. The smallest absolute Gasteiger partial charge is 0.211 e. The van der Waals surface area contributed by atoms with Crippen molar-refractivity contribution in [2.45, 2.75) is 33.2 Å². The number of hydrogen-bond acceptors (Lipinski definition) is 2. The van der Waals surface area contributed by atoms with Gasteiger partial charge in [-0.2, -0.15) is 0 Å². The van der Waals surface area contributed by atoms with Gasteiger partial charge in [-0.15, -0.1) is 0 Å². The third kappa shape index (κ3) is 4.88. The SMILES string of the molecule is CCS(=O)(=O)N[C@H](CC(C)C)c1ccccc1. The molecule has 0 bridgehead atoms. The third-order valence-corrected chi connectivity index (χ3v) is 4.01. The van der Waals surface area contributed by atoms with Crippen LogP contribution in [-0.2, 0) is 10.0 Å². The lowest BCUT2D eigenvalue weighted by molar-refractivity contribution is 0.472. The van der Waals surface area contributed by atoms with Crippen molar-refractivity contribution in [3.63, 3.8) is 0 Å². The van der Waals surface area contributed by atoms with Crippen molar-refractivity contribution >= 4 is 10.0 Å². The molecule has 1 atom stereocenters. The quantitative estimate of drug-likeness (QED) is 0.849. The van der Waals surface area contributed by atoms with Crippen molar-refractivity contribution in [2.75, 3.05) is 5.75 Å². The van der Waals surface area contributed by atoms with Crippen LogP contribution < -0.4 is 4.72 Å². The van der Waals surface area contributed by atoms with Gasteiger partial charge in [0.15, 0.2) is 0 Å². The van der Waals surface area contributed by atoms with Gasteiger partial charge in [0, 0.05) is 6.04 Å².